The van der Waals surface area contributed by atoms with Crippen LogP contribution in [0, 0.1) is 0 Å². The van der Waals surface area contributed by atoms with Crippen LogP contribution in [0.25, 0.3) is 0 Å². The number of carbonyl (C=O) groups excluding carboxylic acids is 2. The molecular weight excluding hydrogens is 414 g/mol. The lowest BCUT2D eigenvalue weighted by molar-refractivity contribution is -0.122. The van der Waals surface area contributed by atoms with E-state index in [0.717, 1.165) is 12.8 Å². The van der Waals surface area contributed by atoms with E-state index in [0.29, 0.717) is 37.1 Å². The highest BCUT2D eigenvalue weighted by atomic mass is 16.4. The van der Waals surface area contributed by atoms with Crippen LogP contribution in [0.15, 0.2) is 52.7 Å². The summed E-state index contributed by atoms with van der Waals surface area (Å²) in [6.45, 7) is 0.506. The number of carbonyl (C=O) groups is 3. The topological polar surface area (TPSA) is 166 Å². The van der Waals surface area contributed by atoms with Gasteiger partial charge < -0.3 is 15.5 Å². The Balaban J connectivity index is 1.84. The number of hydrogen-bond acceptors (Lipinski definition) is 7. The first-order valence-corrected chi connectivity index (χ1v) is 10.2. The van der Waals surface area contributed by atoms with E-state index in [1.807, 2.05) is 0 Å². The molecule has 0 aliphatic heterocycles. The number of azo groups is 1. The number of unbranched alkanes of at least 4 members (excludes halogenated alkanes) is 2. The standard InChI is InChI=1S/C22H27N5O5/c23-25-21(30)8-2-1-5-13-24-20(29)12-9-15-14-16(10-11-19(15)28)26-27-18-7-4-3-6-17(18)22(31)32/h3-4,6-7,10-11,14,28H,1-2,5,8-9,12-13,23H2,(H,24,29)(H,25,30)(H,31,32). The monoisotopic (exact) mass is 441 g/mol. The smallest absolute Gasteiger partial charge is 0.337 e. The molecule has 6 N–H and O–H groups in total. The molecule has 0 saturated heterocycles. The van der Waals surface area contributed by atoms with E-state index in [-0.39, 0.29) is 35.2 Å². The van der Waals surface area contributed by atoms with Crippen LogP contribution in [0.3, 0.4) is 0 Å². The molecule has 170 valence electrons. The molecule has 0 fully saturated rings. The van der Waals surface area contributed by atoms with Crippen molar-refractivity contribution in [3.05, 3.63) is 53.6 Å². The number of nitrogens with one attached hydrogen (secondary N) is 2. The van der Waals surface area contributed by atoms with Crippen molar-refractivity contribution in [2.75, 3.05) is 6.54 Å². The van der Waals surface area contributed by atoms with Crippen molar-refractivity contribution in [2.24, 2.45) is 16.1 Å². The van der Waals surface area contributed by atoms with Crippen LogP contribution in [-0.4, -0.2) is 34.5 Å². The number of phenolic OH excluding ortho intramolecular Hbond substituents is 1. The number of phenols is 1. The Morgan fingerprint density at radius 3 is 2.47 bits per heavy atom. The minimum absolute atomic E-state index is 0.0366. The van der Waals surface area contributed by atoms with E-state index in [4.69, 9.17) is 5.84 Å². The summed E-state index contributed by atoms with van der Waals surface area (Å²) < 4.78 is 0. The maximum absolute atomic E-state index is 12.0. The molecule has 10 nitrogen and oxygen atoms in total. The fourth-order valence-corrected chi connectivity index (χ4v) is 2.91. The number of aryl methyl sites for hydroxylation is 1. The fraction of sp³-hybridized carbons (Fsp3) is 0.318. The van der Waals surface area contributed by atoms with Crippen molar-refractivity contribution in [1.82, 2.24) is 10.7 Å². The Morgan fingerprint density at radius 2 is 1.72 bits per heavy atom. The van der Waals surface area contributed by atoms with Crippen LogP contribution >= 0.6 is 0 Å². The molecule has 0 aromatic heterocycles. The number of benzene rings is 2. The second kappa shape index (κ2) is 12.8. The summed E-state index contributed by atoms with van der Waals surface area (Å²) in [5, 5.41) is 30.1. The minimum Gasteiger partial charge on any atom is -0.508 e. The van der Waals surface area contributed by atoms with Crippen molar-refractivity contribution in [3.8, 4) is 5.75 Å². The number of rotatable bonds is 12. The molecule has 2 aromatic carbocycles. The number of hydrazine groups is 1. The highest BCUT2D eigenvalue weighted by molar-refractivity contribution is 5.93. The number of carboxylic acid groups (broad SMARTS) is 1. The molecule has 0 unspecified atom stereocenters. The molecule has 10 heteroatoms. The van der Waals surface area contributed by atoms with Crippen LogP contribution in [-0.2, 0) is 16.0 Å². The lowest BCUT2D eigenvalue weighted by atomic mass is 10.1. The molecule has 0 aliphatic rings. The third kappa shape index (κ3) is 8.15. The van der Waals surface area contributed by atoms with E-state index in [1.165, 1.54) is 12.1 Å². The average Bonchev–Trinajstić information content (AvgIpc) is 2.79. The molecule has 0 heterocycles. The first-order valence-electron chi connectivity index (χ1n) is 10.2. The second-order valence-corrected chi connectivity index (χ2v) is 7.06. The van der Waals surface area contributed by atoms with Crippen molar-refractivity contribution < 1.29 is 24.6 Å². The van der Waals surface area contributed by atoms with Gasteiger partial charge in [0.25, 0.3) is 0 Å². The Morgan fingerprint density at radius 1 is 0.938 bits per heavy atom. The van der Waals surface area contributed by atoms with E-state index in [1.54, 1.807) is 30.3 Å². The first kappa shape index (κ1) is 24.5. The molecule has 2 rings (SSSR count). The minimum atomic E-state index is -1.10. The molecule has 0 atom stereocenters. The summed E-state index contributed by atoms with van der Waals surface area (Å²) in [5.74, 6) is 3.60. The average molecular weight is 441 g/mol. The van der Waals surface area contributed by atoms with Gasteiger partial charge in [-0.25, -0.2) is 10.6 Å². The molecular formula is C22H27N5O5. The number of nitrogens with two attached hydrogens (primary N) is 1. The molecule has 0 aliphatic carbocycles. The van der Waals surface area contributed by atoms with Crippen molar-refractivity contribution in [3.63, 3.8) is 0 Å². The second-order valence-electron chi connectivity index (χ2n) is 7.06. The number of hydrogen-bond donors (Lipinski definition) is 5. The van der Waals surface area contributed by atoms with Crippen molar-refractivity contribution >= 4 is 29.2 Å². The highest BCUT2D eigenvalue weighted by Crippen LogP contribution is 2.27. The molecule has 0 spiro atoms. The maximum Gasteiger partial charge on any atom is 0.337 e. The largest absolute Gasteiger partial charge is 0.508 e. The van der Waals surface area contributed by atoms with Gasteiger partial charge in [0.1, 0.15) is 11.4 Å². The quantitative estimate of drug-likeness (QED) is 0.112. The summed E-state index contributed by atoms with van der Waals surface area (Å²) in [4.78, 5) is 34.3. The summed E-state index contributed by atoms with van der Waals surface area (Å²) in [5.41, 5.74) is 3.30. The van der Waals surface area contributed by atoms with Crippen LogP contribution in [0.5, 0.6) is 5.75 Å². The Kier molecular flexibility index (Phi) is 9.79. The molecule has 32 heavy (non-hydrogen) atoms. The lowest BCUT2D eigenvalue weighted by Crippen LogP contribution is -2.29. The number of amides is 2. The van der Waals surface area contributed by atoms with Gasteiger partial charge in [-0.05, 0) is 55.2 Å². The molecule has 0 radical (unpaired) electrons. The van der Waals surface area contributed by atoms with Gasteiger partial charge in [0.15, 0.2) is 0 Å². The Hall–Kier alpha value is -3.79. The van der Waals surface area contributed by atoms with Gasteiger partial charge in [-0.15, -0.1) is 5.11 Å². The van der Waals surface area contributed by atoms with Crippen molar-refractivity contribution in [2.45, 2.75) is 38.5 Å². The number of carboxylic acids is 1. The van der Waals surface area contributed by atoms with Crippen LogP contribution < -0.4 is 16.6 Å². The van der Waals surface area contributed by atoms with Gasteiger partial charge in [-0.3, -0.25) is 15.0 Å². The van der Waals surface area contributed by atoms with Gasteiger partial charge in [0, 0.05) is 19.4 Å². The van der Waals surface area contributed by atoms with Gasteiger partial charge in [-0.2, -0.15) is 5.11 Å². The van der Waals surface area contributed by atoms with Gasteiger partial charge in [-0.1, -0.05) is 18.6 Å². The zero-order valence-electron chi connectivity index (χ0n) is 17.6. The molecule has 0 bridgehead atoms. The van der Waals surface area contributed by atoms with Crippen LogP contribution in [0.2, 0.25) is 0 Å². The lowest BCUT2D eigenvalue weighted by Gasteiger charge is -2.07. The van der Waals surface area contributed by atoms with Gasteiger partial charge >= 0.3 is 5.97 Å². The van der Waals surface area contributed by atoms with Gasteiger partial charge in [0.05, 0.1) is 11.3 Å². The summed E-state index contributed by atoms with van der Waals surface area (Å²) in [6, 6.07) is 10.9. The molecule has 2 amide bonds. The summed E-state index contributed by atoms with van der Waals surface area (Å²) in [7, 11) is 0. The third-order valence-electron chi connectivity index (χ3n) is 4.66. The summed E-state index contributed by atoms with van der Waals surface area (Å²) in [6.07, 6.45) is 3.11. The highest BCUT2D eigenvalue weighted by Gasteiger charge is 2.09. The number of aromatic hydroxyl groups is 1. The van der Waals surface area contributed by atoms with E-state index in [2.05, 4.69) is 21.0 Å². The predicted octanol–water partition coefficient (Wildman–Crippen LogP) is 3.10. The van der Waals surface area contributed by atoms with Crippen LogP contribution in [0.1, 0.15) is 48.0 Å². The Labute approximate surface area is 185 Å². The zero-order valence-corrected chi connectivity index (χ0v) is 17.6. The first-order chi connectivity index (χ1) is 15.4. The molecule has 2 aromatic rings. The van der Waals surface area contributed by atoms with Gasteiger partial charge in [0.2, 0.25) is 11.8 Å². The third-order valence-corrected chi connectivity index (χ3v) is 4.66. The van der Waals surface area contributed by atoms with E-state index < -0.39 is 5.97 Å². The van der Waals surface area contributed by atoms with E-state index >= 15 is 0 Å². The number of nitrogens with zero attached hydrogens (tertiary/aromatic N) is 2. The fourth-order valence-electron chi connectivity index (χ4n) is 2.91. The molecule has 0 saturated carbocycles. The van der Waals surface area contributed by atoms with Crippen LogP contribution in [0.4, 0.5) is 11.4 Å². The Bertz CT molecular complexity index is 977. The predicted molar refractivity (Wildman–Crippen MR) is 118 cm³/mol. The van der Waals surface area contributed by atoms with E-state index in [9.17, 15) is 24.6 Å². The number of aromatic carboxylic acids is 1. The zero-order chi connectivity index (χ0) is 23.3. The maximum atomic E-state index is 12.0. The summed E-state index contributed by atoms with van der Waals surface area (Å²) >= 11 is 0. The normalized spacial score (nSPS) is 10.8. The SMILES string of the molecule is NNC(=O)CCCCCNC(=O)CCc1cc(N=Nc2ccccc2C(=O)O)ccc1O. The van der Waals surface area contributed by atoms with Crippen molar-refractivity contribution in [1.29, 1.82) is 0 Å².